The van der Waals surface area contributed by atoms with Crippen molar-refractivity contribution in [1.82, 2.24) is 30.0 Å². The Morgan fingerprint density at radius 3 is 2.62 bits per heavy atom. The molecule has 4 rings (SSSR count). The van der Waals surface area contributed by atoms with Crippen LogP contribution in [0.5, 0.6) is 0 Å². The van der Waals surface area contributed by atoms with E-state index in [-0.39, 0.29) is 5.82 Å². The minimum Gasteiger partial charge on any atom is -0.334 e. The van der Waals surface area contributed by atoms with Gasteiger partial charge in [-0.3, -0.25) is 0 Å². The van der Waals surface area contributed by atoms with Crippen LogP contribution in [0.1, 0.15) is 0 Å². The predicted octanol–water partition coefficient (Wildman–Crippen LogP) is 2.85. The standard InChI is InChI=1S/C18H17FN6O/c1-24(2)9-10-25-16-8-5-13(11-15(16)21-23-25)17-20-18(26-22-17)12-3-6-14(19)7-4-12/h3-8,11H,9-10H2,1-2H3. The number of benzene rings is 2. The molecule has 26 heavy (non-hydrogen) atoms. The molecular weight excluding hydrogens is 335 g/mol. The van der Waals surface area contributed by atoms with Gasteiger partial charge < -0.3 is 9.42 Å². The summed E-state index contributed by atoms with van der Waals surface area (Å²) >= 11 is 0. The Labute approximate surface area is 149 Å². The molecule has 0 N–H and O–H groups in total. The van der Waals surface area contributed by atoms with Crippen LogP contribution in [-0.2, 0) is 6.54 Å². The third-order valence-corrected chi connectivity index (χ3v) is 4.05. The Hall–Kier alpha value is -3.13. The van der Waals surface area contributed by atoms with Crippen molar-refractivity contribution in [1.29, 1.82) is 0 Å². The molecule has 0 aliphatic heterocycles. The fourth-order valence-electron chi connectivity index (χ4n) is 2.62. The second-order valence-electron chi connectivity index (χ2n) is 6.25. The molecular formula is C18H17FN6O. The number of halogens is 1. The van der Waals surface area contributed by atoms with E-state index in [1.165, 1.54) is 12.1 Å². The Morgan fingerprint density at radius 1 is 1.08 bits per heavy atom. The molecule has 7 nitrogen and oxygen atoms in total. The van der Waals surface area contributed by atoms with Crippen LogP contribution >= 0.6 is 0 Å². The zero-order chi connectivity index (χ0) is 18.1. The van der Waals surface area contributed by atoms with Crippen LogP contribution in [0, 0.1) is 5.82 Å². The van der Waals surface area contributed by atoms with Crippen molar-refractivity contribution in [2.24, 2.45) is 0 Å². The Bertz CT molecular complexity index is 1040. The highest BCUT2D eigenvalue weighted by molar-refractivity contribution is 5.80. The van der Waals surface area contributed by atoms with Gasteiger partial charge in [-0.15, -0.1) is 5.10 Å². The first-order valence-electron chi connectivity index (χ1n) is 8.18. The zero-order valence-corrected chi connectivity index (χ0v) is 14.4. The summed E-state index contributed by atoms with van der Waals surface area (Å²) in [5.41, 5.74) is 3.18. The van der Waals surface area contributed by atoms with E-state index in [1.807, 2.05) is 37.0 Å². The molecule has 0 saturated carbocycles. The normalized spacial score (nSPS) is 11.5. The lowest BCUT2D eigenvalue weighted by atomic mass is 10.2. The first kappa shape index (κ1) is 16.3. The molecule has 0 aliphatic carbocycles. The van der Waals surface area contributed by atoms with Gasteiger partial charge in [0.15, 0.2) is 0 Å². The summed E-state index contributed by atoms with van der Waals surface area (Å²) in [6.45, 7) is 1.64. The zero-order valence-electron chi connectivity index (χ0n) is 14.4. The van der Waals surface area contributed by atoms with Gasteiger partial charge >= 0.3 is 0 Å². The molecule has 0 spiro atoms. The van der Waals surface area contributed by atoms with Crippen LogP contribution in [0.25, 0.3) is 33.9 Å². The highest BCUT2D eigenvalue weighted by atomic mass is 19.1. The average molecular weight is 352 g/mol. The van der Waals surface area contributed by atoms with Crippen LogP contribution in [0.3, 0.4) is 0 Å². The molecule has 0 amide bonds. The molecule has 0 saturated heterocycles. The van der Waals surface area contributed by atoms with E-state index in [4.69, 9.17) is 4.52 Å². The molecule has 0 aliphatic rings. The quantitative estimate of drug-likeness (QED) is 0.550. The molecule has 2 heterocycles. The Balaban J connectivity index is 1.62. The summed E-state index contributed by atoms with van der Waals surface area (Å²) in [6.07, 6.45) is 0. The van der Waals surface area contributed by atoms with Gasteiger partial charge in [-0.25, -0.2) is 9.07 Å². The van der Waals surface area contributed by atoms with E-state index in [9.17, 15) is 4.39 Å². The number of likely N-dealkylation sites (N-methyl/N-ethyl adjacent to an activating group) is 1. The minimum atomic E-state index is -0.309. The summed E-state index contributed by atoms with van der Waals surface area (Å²) in [7, 11) is 4.04. The van der Waals surface area contributed by atoms with E-state index in [1.54, 1.807) is 12.1 Å². The summed E-state index contributed by atoms with van der Waals surface area (Å²) in [4.78, 5) is 6.49. The molecule has 132 valence electrons. The summed E-state index contributed by atoms with van der Waals surface area (Å²) in [5, 5.41) is 12.4. The topological polar surface area (TPSA) is 72.9 Å². The molecule has 8 heteroatoms. The van der Waals surface area contributed by atoms with E-state index in [2.05, 4.69) is 25.4 Å². The molecule has 2 aromatic carbocycles. The average Bonchev–Trinajstić information content (AvgIpc) is 3.27. The molecule has 4 aromatic rings. The van der Waals surface area contributed by atoms with Crippen molar-refractivity contribution in [3.63, 3.8) is 0 Å². The van der Waals surface area contributed by atoms with Gasteiger partial charge in [0, 0.05) is 17.7 Å². The van der Waals surface area contributed by atoms with Crippen molar-refractivity contribution in [2.75, 3.05) is 20.6 Å². The Morgan fingerprint density at radius 2 is 1.85 bits per heavy atom. The highest BCUT2D eigenvalue weighted by Gasteiger charge is 2.13. The van der Waals surface area contributed by atoms with Crippen molar-refractivity contribution >= 4 is 11.0 Å². The summed E-state index contributed by atoms with van der Waals surface area (Å²) in [6, 6.07) is 11.7. The molecule has 0 atom stereocenters. The summed E-state index contributed by atoms with van der Waals surface area (Å²) < 4.78 is 20.2. The van der Waals surface area contributed by atoms with Crippen LogP contribution in [0.2, 0.25) is 0 Å². The maximum absolute atomic E-state index is 13.0. The first-order valence-corrected chi connectivity index (χ1v) is 8.18. The van der Waals surface area contributed by atoms with Crippen LogP contribution < -0.4 is 0 Å². The van der Waals surface area contributed by atoms with Gasteiger partial charge in [-0.2, -0.15) is 4.98 Å². The SMILES string of the molecule is CN(C)CCn1nnc2cc(-c3noc(-c4ccc(F)cc4)n3)ccc21. The van der Waals surface area contributed by atoms with Crippen LogP contribution in [0.15, 0.2) is 47.0 Å². The minimum absolute atomic E-state index is 0.309. The lowest BCUT2D eigenvalue weighted by molar-refractivity contribution is 0.374. The number of rotatable bonds is 5. The van der Waals surface area contributed by atoms with E-state index in [0.29, 0.717) is 17.3 Å². The van der Waals surface area contributed by atoms with Crippen LogP contribution in [-0.4, -0.2) is 50.7 Å². The van der Waals surface area contributed by atoms with E-state index < -0.39 is 0 Å². The van der Waals surface area contributed by atoms with Gasteiger partial charge in [-0.05, 0) is 56.6 Å². The number of fused-ring (bicyclic) bond motifs is 1. The van der Waals surface area contributed by atoms with Gasteiger partial charge in [0.1, 0.15) is 11.3 Å². The molecule has 2 aromatic heterocycles. The second-order valence-corrected chi connectivity index (χ2v) is 6.25. The lowest BCUT2D eigenvalue weighted by Crippen LogP contribution is -2.18. The van der Waals surface area contributed by atoms with Crippen molar-refractivity contribution < 1.29 is 8.91 Å². The summed E-state index contributed by atoms with van der Waals surface area (Å²) in [5.74, 6) is 0.486. The van der Waals surface area contributed by atoms with Crippen molar-refractivity contribution in [3.8, 4) is 22.8 Å². The molecule has 0 unspecified atom stereocenters. The van der Waals surface area contributed by atoms with Crippen LogP contribution in [0.4, 0.5) is 4.39 Å². The second kappa shape index (κ2) is 6.64. The largest absolute Gasteiger partial charge is 0.334 e. The predicted molar refractivity (Wildman–Crippen MR) is 94.8 cm³/mol. The smallest absolute Gasteiger partial charge is 0.258 e. The maximum atomic E-state index is 13.0. The third kappa shape index (κ3) is 3.18. The van der Waals surface area contributed by atoms with Gasteiger partial charge in [0.2, 0.25) is 5.82 Å². The van der Waals surface area contributed by atoms with Gasteiger partial charge in [0.05, 0.1) is 12.1 Å². The number of nitrogens with zero attached hydrogens (tertiary/aromatic N) is 6. The highest BCUT2D eigenvalue weighted by Crippen LogP contribution is 2.24. The molecule has 0 fully saturated rings. The van der Waals surface area contributed by atoms with Gasteiger partial charge in [0.25, 0.3) is 5.89 Å². The third-order valence-electron chi connectivity index (χ3n) is 4.05. The first-order chi connectivity index (χ1) is 12.6. The monoisotopic (exact) mass is 352 g/mol. The van der Waals surface area contributed by atoms with Crippen molar-refractivity contribution in [2.45, 2.75) is 6.54 Å². The number of hydrogen-bond acceptors (Lipinski definition) is 6. The maximum Gasteiger partial charge on any atom is 0.258 e. The van der Waals surface area contributed by atoms with E-state index >= 15 is 0 Å². The number of hydrogen-bond donors (Lipinski definition) is 0. The fourth-order valence-corrected chi connectivity index (χ4v) is 2.62. The molecule has 0 radical (unpaired) electrons. The molecule has 0 bridgehead atoms. The van der Waals surface area contributed by atoms with E-state index in [0.717, 1.165) is 29.7 Å². The number of aromatic nitrogens is 5. The lowest BCUT2D eigenvalue weighted by Gasteiger charge is -2.09. The fraction of sp³-hybridized carbons (Fsp3) is 0.222. The van der Waals surface area contributed by atoms with Gasteiger partial charge in [-0.1, -0.05) is 10.4 Å². The Kier molecular flexibility index (Phi) is 4.18. The van der Waals surface area contributed by atoms with Crippen molar-refractivity contribution in [3.05, 3.63) is 48.3 Å².